The van der Waals surface area contributed by atoms with Crippen LogP contribution in [0, 0.1) is 5.41 Å². The van der Waals surface area contributed by atoms with Gasteiger partial charge in [-0.15, -0.1) is 0 Å². The average Bonchev–Trinajstić information content (AvgIpc) is 2.71. The normalized spacial score (nSPS) is 15.5. The Labute approximate surface area is 179 Å². The van der Waals surface area contributed by atoms with Crippen molar-refractivity contribution in [2.24, 2.45) is 5.41 Å². The van der Waals surface area contributed by atoms with Crippen LogP contribution in [0.2, 0.25) is 0 Å². The van der Waals surface area contributed by atoms with Crippen molar-refractivity contribution < 1.29 is 19.4 Å². The minimum Gasteiger partial charge on any atom is -0.480 e. The van der Waals surface area contributed by atoms with Crippen LogP contribution in [0.4, 0.5) is 5.82 Å². The zero-order valence-electron chi connectivity index (χ0n) is 18.9. The molecule has 1 aromatic rings. The Bertz CT molecular complexity index is 735. The van der Waals surface area contributed by atoms with E-state index in [-0.39, 0.29) is 29.8 Å². The quantitative estimate of drug-likeness (QED) is 0.553. The van der Waals surface area contributed by atoms with Gasteiger partial charge < -0.3 is 20.5 Å². The van der Waals surface area contributed by atoms with Crippen LogP contribution in [0.5, 0.6) is 5.88 Å². The Hall–Kier alpha value is -2.38. The molecule has 0 bridgehead atoms. The maximum Gasteiger partial charge on any atom is 0.329 e. The van der Waals surface area contributed by atoms with Crippen LogP contribution in [0.1, 0.15) is 90.1 Å². The number of nitrogens with one attached hydrogen (secondary N) is 2. The van der Waals surface area contributed by atoms with E-state index in [2.05, 4.69) is 41.4 Å². The molecule has 1 heterocycles. The molecule has 0 unspecified atom stereocenters. The van der Waals surface area contributed by atoms with E-state index in [1.54, 1.807) is 13.8 Å². The molecule has 8 nitrogen and oxygen atoms in total. The highest BCUT2D eigenvalue weighted by Crippen LogP contribution is 2.27. The summed E-state index contributed by atoms with van der Waals surface area (Å²) in [7, 11) is 0. The van der Waals surface area contributed by atoms with Gasteiger partial charge in [-0.05, 0) is 31.1 Å². The first kappa shape index (κ1) is 23.9. The van der Waals surface area contributed by atoms with Gasteiger partial charge in [-0.3, -0.25) is 4.79 Å². The minimum atomic E-state index is -1.33. The Balaban J connectivity index is 2.27. The average molecular weight is 421 g/mol. The molecule has 0 atom stereocenters. The molecule has 1 aliphatic rings. The summed E-state index contributed by atoms with van der Waals surface area (Å²) in [5, 5.41) is 15.6. The molecule has 168 valence electrons. The van der Waals surface area contributed by atoms with E-state index in [0.717, 1.165) is 12.8 Å². The van der Waals surface area contributed by atoms with Crippen molar-refractivity contribution in [1.82, 2.24) is 15.3 Å². The molecule has 1 saturated carbocycles. The van der Waals surface area contributed by atoms with E-state index < -0.39 is 17.4 Å². The van der Waals surface area contributed by atoms with Crippen LogP contribution in [-0.4, -0.2) is 45.1 Å². The van der Waals surface area contributed by atoms with Crippen LogP contribution >= 0.6 is 0 Å². The van der Waals surface area contributed by atoms with E-state index in [1.165, 1.54) is 25.5 Å². The summed E-state index contributed by atoms with van der Waals surface area (Å²) in [6, 6.07) is 0.310. The van der Waals surface area contributed by atoms with Gasteiger partial charge in [-0.1, -0.05) is 53.9 Å². The highest BCUT2D eigenvalue weighted by Gasteiger charge is 2.37. The summed E-state index contributed by atoms with van der Waals surface area (Å²) in [4.78, 5) is 33.3. The number of amides is 1. The van der Waals surface area contributed by atoms with E-state index in [9.17, 15) is 14.7 Å². The predicted octanol–water partition coefficient (Wildman–Crippen LogP) is 4.02. The number of aliphatic carboxylic acids is 1. The first-order chi connectivity index (χ1) is 14.1. The van der Waals surface area contributed by atoms with Gasteiger partial charge in [0, 0.05) is 6.04 Å². The van der Waals surface area contributed by atoms with E-state index >= 15 is 0 Å². The number of hydrogen-bond acceptors (Lipinski definition) is 6. The summed E-state index contributed by atoms with van der Waals surface area (Å²) in [5.74, 6) is -0.831. The Morgan fingerprint density at radius 3 is 2.33 bits per heavy atom. The first-order valence-corrected chi connectivity index (χ1v) is 10.9. The third-order valence-corrected chi connectivity index (χ3v) is 5.53. The van der Waals surface area contributed by atoms with Gasteiger partial charge in [-0.25, -0.2) is 14.8 Å². The van der Waals surface area contributed by atoms with Gasteiger partial charge in [0.25, 0.3) is 11.8 Å². The number of carbonyl (C=O) groups is 2. The monoisotopic (exact) mass is 420 g/mol. The minimum absolute atomic E-state index is 0.0422. The molecule has 0 aliphatic heterocycles. The van der Waals surface area contributed by atoms with Crippen LogP contribution in [0.3, 0.4) is 0 Å². The fraction of sp³-hybridized carbons (Fsp3) is 0.727. The second kappa shape index (κ2) is 10.1. The number of aromatic nitrogens is 2. The lowest BCUT2D eigenvalue weighted by Crippen LogP contribution is -2.53. The van der Waals surface area contributed by atoms with Crippen molar-refractivity contribution >= 4 is 17.7 Å². The Morgan fingerprint density at radius 2 is 1.80 bits per heavy atom. The largest absolute Gasteiger partial charge is 0.480 e. The SMILES string of the molecule is CCC(CC)(NC(=O)c1cnc(NC2CCCCC2)c(OCC(C)(C)C)n1)C(=O)O. The zero-order chi connectivity index (χ0) is 22.4. The molecule has 1 aliphatic carbocycles. The fourth-order valence-corrected chi connectivity index (χ4v) is 3.47. The highest BCUT2D eigenvalue weighted by molar-refractivity contribution is 5.96. The molecule has 0 aromatic carbocycles. The molecule has 3 N–H and O–H groups in total. The summed E-state index contributed by atoms with van der Waals surface area (Å²) < 4.78 is 5.93. The molecular weight excluding hydrogens is 384 g/mol. The van der Waals surface area contributed by atoms with Crippen molar-refractivity contribution in [3.8, 4) is 5.88 Å². The number of carboxylic acid groups (broad SMARTS) is 1. The third kappa shape index (κ3) is 6.31. The van der Waals surface area contributed by atoms with Crippen LogP contribution in [-0.2, 0) is 4.79 Å². The lowest BCUT2D eigenvalue weighted by atomic mass is 9.93. The van der Waals surface area contributed by atoms with Gasteiger partial charge in [-0.2, -0.15) is 0 Å². The number of anilines is 1. The van der Waals surface area contributed by atoms with Crippen LogP contribution < -0.4 is 15.4 Å². The van der Waals surface area contributed by atoms with Gasteiger partial charge in [0.15, 0.2) is 11.5 Å². The summed E-state index contributed by atoms with van der Waals surface area (Å²) >= 11 is 0. The molecule has 0 saturated heterocycles. The predicted molar refractivity (Wildman–Crippen MR) is 116 cm³/mol. The maximum atomic E-state index is 12.8. The molecule has 1 amide bonds. The van der Waals surface area contributed by atoms with Gasteiger partial charge in [0.2, 0.25) is 0 Å². The number of ether oxygens (including phenoxy) is 1. The summed E-state index contributed by atoms with van der Waals surface area (Å²) in [6.45, 7) is 10.0. The topological polar surface area (TPSA) is 113 Å². The van der Waals surface area contributed by atoms with Crippen LogP contribution in [0.25, 0.3) is 0 Å². The lowest BCUT2D eigenvalue weighted by Gasteiger charge is -2.28. The molecule has 30 heavy (non-hydrogen) atoms. The maximum absolute atomic E-state index is 12.8. The van der Waals surface area contributed by atoms with E-state index in [0.29, 0.717) is 18.5 Å². The number of rotatable bonds is 9. The molecule has 1 fully saturated rings. The number of carbonyl (C=O) groups excluding carboxylic acids is 1. The fourth-order valence-electron chi connectivity index (χ4n) is 3.47. The molecule has 0 radical (unpaired) electrons. The number of hydrogen-bond donors (Lipinski definition) is 3. The molecule has 0 spiro atoms. The number of carboxylic acids is 1. The Kier molecular flexibility index (Phi) is 8.03. The van der Waals surface area contributed by atoms with Crippen molar-refractivity contribution in [3.63, 3.8) is 0 Å². The summed E-state index contributed by atoms with van der Waals surface area (Å²) in [5.41, 5.74) is -1.38. The summed E-state index contributed by atoms with van der Waals surface area (Å²) in [6.07, 6.45) is 7.65. The van der Waals surface area contributed by atoms with Gasteiger partial charge in [0.1, 0.15) is 5.54 Å². The van der Waals surface area contributed by atoms with Crippen molar-refractivity contribution in [1.29, 1.82) is 0 Å². The van der Waals surface area contributed by atoms with Crippen molar-refractivity contribution in [2.45, 2.75) is 91.1 Å². The highest BCUT2D eigenvalue weighted by atomic mass is 16.5. The van der Waals surface area contributed by atoms with E-state index in [1.807, 2.05) is 0 Å². The second-order valence-electron chi connectivity index (χ2n) is 9.29. The third-order valence-electron chi connectivity index (χ3n) is 5.53. The first-order valence-electron chi connectivity index (χ1n) is 10.9. The number of nitrogens with zero attached hydrogens (tertiary/aromatic N) is 2. The standard InChI is InChI=1S/C22H36N4O4/c1-6-22(7-2,20(28)29)26-18(27)16-13-23-17(24-15-11-9-8-10-12-15)19(25-16)30-14-21(3,4)5/h13,15H,6-12,14H2,1-5H3,(H,23,24)(H,26,27)(H,28,29). The van der Waals surface area contributed by atoms with Crippen molar-refractivity contribution in [3.05, 3.63) is 11.9 Å². The molecular formula is C22H36N4O4. The van der Waals surface area contributed by atoms with Crippen molar-refractivity contribution in [2.75, 3.05) is 11.9 Å². The Morgan fingerprint density at radius 1 is 1.17 bits per heavy atom. The zero-order valence-corrected chi connectivity index (χ0v) is 18.9. The molecule has 2 rings (SSSR count). The molecule has 1 aromatic heterocycles. The van der Waals surface area contributed by atoms with Crippen LogP contribution in [0.15, 0.2) is 6.20 Å². The van der Waals surface area contributed by atoms with Gasteiger partial charge >= 0.3 is 5.97 Å². The van der Waals surface area contributed by atoms with E-state index in [4.69, 9.17) is 4.74 Å². The second-order valence-corrected chi connectivity index (χ2v) is 9.29. The lowest BCUT2D eigenvalue weighted by molar-refractivity contribution is -0.144. The van der Waals surface area contributed by atoms with Gasteiger partial charge in [0.05, 0.1) is 12.8 Å². The smallest absolute Gasteiger partial charge is 0.329 e. The molecule has 8 heteroatoms.